The zero-order valence-corrected chi connectivity index (χ0v) is 20.5. The quantitative estimate of drug-likeness (QED) is 0.518. The molecule has 0 unspecified atom stereocenters. The number of hydrogen-bond donors (Lipinski definition) is 1. The molecule has 0 saturated heterocycles. The Balaban J connectivity index is 2.24. The summed E-state index contributed by atoms with van der Waals surface area (Å²) in [7, 11) is 0. The van der Waals surface area contributed by atoms with E-state index in [-0.39, 0.29) is 25.0 Å². The van der Waals surface area contributed by atoms with Gasteiger partial charge in [0.1, 0.15) is 11.8 Å². The monoisotopic (exact) mass is 514 g/mol. The molecule has 1 atom stereocenters. The van der Waals surface area contributed by atoms with Crippen molar-refractivity contribution in [1.82, 2.24) is 10.2 Å². The number of ether oxygens (including phenoxy) is 1. The number of amides is 2. The van der Waals surface area contributed by atoms with Gasteiger partial charge in [-0.2, -0.15) is 0 Å². The number of likely N-dealkylation sites (N-methyl/N-ethyl adjacent to an activating group) is 1. The van der Waals surface area contributed by atoms with E-state index < -0.39 is 6.04 Å². The molecule has 5 nitrogen and oxygen atoms in total. The van der Waals surface area contributed by atoms with Crippen molar-refractivity contribution in [2.75, 3.05) is 13.2 Å². The smallest absolute Gasteiger partial charge is 0.261 e. The molecule has 0 aromatic heterocycles. The average molecular weight is 516 g/mol. The fraction of sp³-hybridized carbons (Fsp3) is 0.364. The van der Waals surface area contributed by atoms with Crippen molar-refractivity contribution in [3.05, 3.63) is 61.5 Å². The topological polar surface area (TPSA) is 58.6 Å². The molecule has 0 aliphatic carbocycles. The van der Waals surface area contributed by atoms with Gasteiger partial charge in [0.05, 0.1) is 0 Å². The van der Waals surface area contributed by atoms with E-state index in [9.17, 15) is 9.59 Å². The van der Waals surface area contributed by atoms with Crippen molar-refractivity contribution in [1.29, 1.82) is 0 Å². The molecule has 0 aliphatic heterocycles. The molecule has 0 heterocycles. The van der Waals surface area contributed by atoms with Crippen molar-refractivity contribution in [3.63, 3.8) is 0 Å². The number of hydrogen-bond acceptors (Lipinski definition) is 3. The maximum absolute atomic E-state index is 13.1. The van der Waals surface area contributed by atoms with Gasteiger partial charge in [0.2, 0.25) is 5.91 Å². The fourth-order valence-corrected chi connectivity index (χ4v) is 3.72. The molecular formula is C22H25BrCl2N2O3. The highest BCUT2D eigenvalue weighted by Crippen LogP contribution is 2.28. The molecule has 0 spiro atoms. The van der Waals surface area contributed by atoms with Crippen LogP contribution in [-0.2, 0) is 16.1 Å². The Kier molecular flexibility index (Phi) is 9.01. The summed E-state index contributed by atoms with van der Waals surface area (Å²) in [6.07, 6.45) is 0. The third-order valence-corrected chi connectivity index (χ3v) is 6.64. The van der Waals surface area contributed by atoms with E-state index in [1.165, 1.54) is 4.90 Å². The summed E-state index contributed by atoms with van der Waals surface area (Å²) in [6.45, 7) is 7.74. The van der Waals surface area contributed by atoms with Crippen LogP contribution >= 0.6 is 39.1 Å². The molecule has 0 aliphatic rings. The Morgan fingerprint density at radius 2 is 1.73 bits per heavy atom. The van der Waals surface area contributed by atoms with Crippen LogP contribution in [0.2, 0.25) is 10.0 Å². The minimum absolute atomic E-state index is 0.0946. The average Bonchev–Trinajstić information content (AvgIpc) is 2.69. The third-order valence-electron chi connectivity index (χ3n) is 4.68. The summed E-state index contributed by atoms with van der Waals surface area (Å²) in [5, 5.41) is 3.61. The highest BCUT2D eigenvalue weighted by Gasteiger charge is 2.27. The largest absolute Gasteiger partial charge is 0.484 e. The molecule has 2 aromatic rings. The van der Waals surface area contributed by atoms with Crippen LogP contribution < -0.4 is 10.1 Å². The Labute approximate surface area is 195 Å². The fourth-order valence-electron chi connectivity index (χ4n) is 2.98. The van der Waals surface area contributed by atoms with Crippen LogP contribution in [0.25, 0.3) is 0 Å². The number of aryl methyl sites for hydroxylation is 2. The lowest BCUT2D eigenvalue weighted by Gasteiger charge is -2.29. The van der Waals surface area contributed by atoms with Gasteiger partial charge >= 0.3 is 0 Å². The second-order valence-corrected chi connectivity index (χ2v) is 8.56. The Morgan fingerprint density at radius 1 is 1.17 bits per heavy atom. The van der Waals surface area contributed by atoms with Gasteiger partial charge in [-0.25, -0.2) is 0 Å². The zero-order chi connectivity index (χ0) is 22.4. The van der Waals surface area contributed by atoms with E-state index in [0.29, 0.717) is 27.9 Å². The molecule has 162 valence electrons. The van der Waals surface area contributed by atoms with Crippen molar-refractivity contribution < 1.29 is 14.3 Å². The second-order valence-electron chi connectivity index (χ2n) is 6.95. The first-order valence-corrected chi connectivity index (χ1v) is 11.1. The summed E-state index contributed by atoms with van der Waals surface area (Å²) in [4.78, 5) is 26.9. The van der Waals surface area contributed by atoms with Gasteiger partial charge in [0.15, 0.2) is 6.61 Å². The maximum Gasteiger partial charge on any atom is 0.261 e. The van der Waals surface area contributed by atoms with Crippen molar-refractivity contribution in [3.8, 4) is 5.75 Å². The van der Waals surface area contributed by atoms with Crippen LogP contribution in [0.3, 0.4) is 0 Å². The van der Waals surface area contributed by atoms with Gasteiger partial charge in [0, 0.05) is 33.2 Å². The molecule has 2 amide bonds. The molecular weight excluding hydrogens is 491 g/mol. The normalized spacial score (nSPS) is 11.7. The Bertz CT molecular complexity index is 893. The molecule has 1 N–H and O–H groups in total. The van der Waals surface area contributed by atoms with E-state index in [4.69, 9.17) is 27.9 Å². The summed E-state index contributed by atoms with van der Waals surface area (Å²) >= 11 is 16.1. The van der Waals surface area contributed by atoms with Crippen LogP contribution in [0, 0.1) is 13.8 Å². The molecule has 0 saturated carbocycles. The summed E-state index contributed by atoms with van der Waals surface area (Å²) in [6, 6.07) is 8.12. The first-order valence-electron chi connectivity index (χ1n) is 9.55. The van der Waals surface area contributed by atoms with Gasteiger partial charge in [-0.3, -0.25) is 9.59 Å². The van der Waals surface area contributed by atoms with Gasteiger partial charge in [-0.1, -0.05) is 45.2 Å². The van der Waals surface area contributed by atoms with E-state index in [1.807, 2.05) is 32.9 Å². The zero-order valence-electron chi connectivity index (χ0n) is 17.4. The molecule has 30 heavy (non-hydrogen) atoms. The minimum Gasteiger partial charge on any atom is -0.484 e. The van der Waals surface area contributed by atoms with Crippen molar-refractivity contribution in [2.45, 2.75) is 40.3 Å². The van der Waals surface area contributed by atoms with Crippen LogP contribution in [0.15, 0.2) is 34.8 Å². The molecule has 0 bridgehead atoms. The SMILES string of the molecule is CCNC(=O)[C@H](C)N(Cc1c(Cl)cccc1Cl)C(=O)COc1cc(C)c(Br)c(C)c1. The van der Waals surface area contributed by atoms with Gasteiger partial charge in [-0.05, 0) is 63.1 Å². The van der Waals surface area contributed by atoms with Gasteiger partial charge in [0.25, 0.3) is 5.91 Å². The van der Waals surface area contributed by atoms with E-state index in [1.54, 1.807) is 25.1 Å². The third kappa shape index (κ3) is 6.13. The van der Waals surface area contributed by atoms with E-state index >= 15 is 0 Å². The number of benzene rings is 2. The number of nitrogens with zero attached hydrogens (tertiary/aromatic N) is 1. The van der Waals surface area contributed by atoms with Gasteiger partial charge in [-0.15, -0.1) is 0 Å². The minimum atomic E-state index is -0.721. The van der Waals surface area contributed by atoms with Crippen LogP contribution in [-0.4, -0.2) is 35.9 Å². The number of carbonyl (C=O) groups excluding carboxylic acids is 2. The maximum atomic E-state index is 13.1. The first-order chi connectivity index (χ1) is 14.1. The number of rotatable bonds is 8. The first kappa shape index (κ1) is 24.5. The molecule has 2 aromatic carbocycles. The van der Waals surface area contributed by atoms with Crippen LogP contribution in [0.4, 0.5) is 0 Å². The predicted octanol–water partition coefficient (Wildman–Crippen LogP) is 5.30. The molecule has 0 fully saturated rings. The summed E-state index contributed by atoms with van der Waals surface area (Å²) in [5.74, 6) is -0.0183. The highest BCUT2D eigenvalue weighted by molar-refractivity contribution is 9.10. The Hall–Kier alpha value is -1.76. The van der Waals surface area contributed by atoms with Crippen LogP contribution in [0.1, 0.15) is 30.5 Å². The number of carbonyl (C=O) groups is 2. The summed E-state index contributed by atoms with van der Waals surface area (Å²) < 4.78 is 6.74. The predicted molar refractivity (Wildman–Crippen MR) is 124 cm³/mol. The van der Waals surface area contributed by atoms with E-state index in [0.717, 1.165) is 15.6 Å². The Morgan fingerprint density at radius 3 is 2.27 bits per heavy atom. The standard InChI is InChI=1S/C22H25BrCl2N2O3/c1-5-26-22(29)15(4)27(11-17-18(24)7-6-8-19(17)25)20(28)12-30-16-9-13(2)21(23)14(3)10-16/h6-10,15H,5,11-12H2,1-4H3,(H,26,29)/t15-/m0/s1. The lowest BCUT2D eigenvalue weighted by Crippen LogP contribution is -2.49. The second kappa shape index (κ2) is 11.0. The van der Waals surface area contributed by atoms with E-state index in [2.05, 4.69) is 21.2 Å². The van der Waals surface area contributed by atoms with Gasteiger partial charge < -0.3 is 15.0 Å². The number of nitrogens with one attached hydrogen (secondary N) is 1. The molecule has 8 heteroatoms. The lowest BCUT2D eigenvalue weighted by molar-refractivity contribution is -0.142. The molecule has 2 rings (SSSR count). The lowest BCUT2D eigenvalue weighted by atomic mass is 10.1. The van der Waals surface area contributed by atoms with Crippen molar-refractivity contribution >= 4 is 50.9 Å². The molecule has 0 radical (unpaired) electrons. The number of halogens is 3. The highest BCUT2D eigenvalue weighted by atomic mass is 79.9. The van der Waals surface area contributed by atoms with Crippen LogP contribution in [0.5, 0.6) is 5.75 Å². The van der Waals surface area contributed by atoms with Crippen molar-refractivity contribution in [2.24, 2.45) is 0 Å². The summed E-state index contributed by atoms with van der Waals surface area (Å²) in [5.41, 5.74) is 2.60.